The van der Waals surface area contributed by atoms with E-state index >= 15 is 0 Å². The molecule has 5 nitrogen and oxygen atoms in total. The van der Waals surface area contributed by atoms with Crippen LogP contribution >= 0.6 is 0 Å². The van der Waals surface area contributed by atoms with Crippen molar-refractivity contribution in [3.05, 3.63) is 33.2 Å². The van der Waals surface area contributed by atoms with Gasteiger partial charge in [-0.3, -0.25) is 9.59 Å². The van der Waals surface area contributed by atoms with Crippen molar-refractivity contribution in [3.63, 3.8) is 0 Å². The van der Waals surface area contributed by atoms with E-state index in [4.69, 9.17) is 4.74 Å². The maximum absolute atomic E-state index is 11.5. The molecule has 0 aliphatic heterocycles. The van der Waals surface area contributed by atoms with Gasteiger partial charge in [0.2, 0.25) is 0 Å². The van der Waals surface area contributed by atoms with Crippen molar-refractivity contribution in [3.8, 4) is 0 Å². The second-order valence-electron chi connectivity index (χ2n) is 3.55. The van der Waals surface area contributed by atoms with E-state index in [9.17, 15) is 14.4 Å². The van der Waals surface area contributed by atoms with Crippen molar-refractivity contribution in [1.82, 2.24) is 4.98 Å². The number of pyridine rings is 1. The summed E-state index contributed by atoms with van der Waals surface area (Å²) in [5.41, 5.74) is 0.452. The Hall–Kier alpha value is -1.91. The van der Waals surface area contributed by atoms with Crippen molar-refractivity contribution in [2.45, 2.75) is 19.8 Å². The lowest BCUT2D eigenvalue weighted by Crippen LogP contribution is -2.21. The van der Waals surface area contributed by atoms with E-state index in [1.54, 1.807) is 6.92 Å². The molecule has 84 valence electrons. The lowest BCUT2D eigenvalue weighted by atomic mass is 10.1. The van der Waals surface area contributed by atoms with Crippen LogP contribution in [0, 0.1) is 0 Å². The van der Waals surface area contributed by atoms with Crippen LogP contribution in [0.3, 0.4) is 0 Å². The van der Waals surface area contributed by atoms with Gasteiger partial charge >= 0.3 is 5.97 Å². The van der Waals surface area contributed by atoms with Crippen molar-refractivity contribution in [2.24, 2.45) is 0 Å². The number of aromatic amines is 1. The molecular formula is C11H11NO4. The zero-order chi connectivity index (χ0) is 11.7. The summed E-state index contributed by atoms with van der Waals surface area (Å²) in [4.78, 5) is 36.9. The molecule has 1 heterocycles. The Morgan fingerprint density at radius 2 is 2.19 bits per heavy atom. The summed E-state index contributed by atoms with van der Waals surface area (Å²) in [6.07, 6.45) is 0.921. The van der Waals surface area contributed by atoms with Gasteiger partial charge in [0.15, 0.2) is 5.78 Å². The van der Waals surface area contributed by atoms with Gasteiger partial charge in [-0.05, 0) is 19.4 Å². The highest BCUT2D eigenvalue weighted by Crippen LogP contribution is 2.19. The van der Waals surface area contributed by atoms with Gasteiger partial charge in [-0.1, -0.05) is 0 Å². The van der Waals surface area contributed by atoms with Gasteiger partial charge in [0.05, 0.1) is 6.61 Å². The smallest absolute Gasteiger partial charge is 0.343 e. The van der Waals surface area contributed by atoms with E-state index in [2.05, 4.69) is 4.98 Å². The largest absolute Gasteiger partial charge is 0.462 e. The van der Waals surface area contributed by atoms with Crippen molar-refractivity contribution < 1.29 is 14.3 Å². The monoisotopic (exact) mass is 221 g/mol. The quantitative estimate of drug-likeness (QED) is 0.745. The Kier molecular flexibility index (Phi) is 2.60. The summed E-state index contributed by atoms with van der Waals surface area (Å²) < 4.78 is 4.73. The predicted octanol–water partition coefficient (Wildman–Crippen LogP) is 0.681. The summed E-state index contributed by atoms with van der Waals surface area (Å²) in [6, 6.07) is 1.33. The number of aromatic nitrogens is 1. The fourth-order valence-electron chi connectivity index (χ4n) is 1.75. The first-order chi connectivity index (χ1) is 7.63. The van der Waals surface area contributed by atoms with Crippen LogP contribution in [0.5, 0.6) is 0 Å². The van der Waals surface area contributed by atoms with Crippen LogP contribution in [0.4, 0.5) is 0 Å². The molecule has 0 unspecified atom stereocenters. The molecule has 0 saturated heterocycles. The first-order valence-corrected chi connectivity index (χ1v) is 5.10. The van der Waals surface area contributed by atoms with E-state index in [1.807, 2.05) is 0 Å². The Bertz CT molecular complexity index is 515. The van der Waals surface area contributed by atoms with Gasteiger partial charge in [-0.25, -0.2) is 4.79 Å². The van der Waals surface area contributed by atoms with Gasteiger partial charge in [0, 0.05) is 17.7 Å². The number of fused-ring (bicyclic) bond motifs is 1. The molecule has 0 bridgehead atoms. The first-order valence-electron chi connectivity index (χ1n) is 5.10. The third kappa shape index (κ3) is 1.64. The van der Waals surface area contributed by atoms with E-state index in [-0.39, 0.29) is 18.0 Å². The van der Waals surface area contributed by atoms with Crippen molar-refractivity contribution >= 4 is 11.8 Å². The van der Waals surface area contributed by atoms with Gasteiger partial charge in [-0.15, -0.1) is 0 Å². The maximum Gasteiger partial charge on any atom is 0.343 e. The average molecular weight is 221 g/mol. The van der Waals surface area contributed by atoms with Gasteiger partial charge in [-0.2, -0.15) is 0 Å². The number of ether oxygens (including phenoxy) is 1. The number of hydrogen-bond donors (Lipinski definition) is 1. The highest BCUT2D eigenvalue weighted by molar-refractivity contribution is 6.02. The zero-order valence-electron chi connectivity index (χ0n) is 8.83. The van der Waals surface area contributed by atoms with E-state index in [0.717, 1.165) is 0 Å². The summed E-state index contributed by atoms with van der Waals surface area (Å²) >= 11 is 0. The summed E-state index contributed by atoms with van der Waals surface area (Å²) in [5.74, 6) is -0.733. The minimum Gasteiger partial charge on any atom is -0.462 e. The molecular weight excluding hydrogens is 210 g/mol. The minimum absolute atomic E-state index is 0.0446. The van der Waals surface area contributed by atoms with E-state index in [0.29, 0.717) is 24.1 Å². The molecule has 0 atom stereocenters. The number of H-pyrrole nitrogens is 1. The second-order valence-corrected chi connectivity index (χ2v) is 3.55. The number of ketones is 1. The topological polar surface area (TPSA) is 76.2 Å². The molecule has 0 aromatic carbocycles. The molecule has 0 spiro atoms. The lowest BCUT2D eigenvalue weighted by Gasteiger charge is -2.03. The third-order valence-electron chi connectivity index (χ3n) is 2.52. The third-order valence-corrected chi connectivity index (χ3v) is 2.52. The molecule has 0 amide bonds. The maximum atomic E-state index is 11.5. The number of carbonyl (C=O) groups excluding carboxylic acids is 2. The van der Waals surface area contributed by atoms with Crippen LogP contribution in [0.1, 0.15) is 39.8 Å². The van der Waals surface area contributed by atoms with Crippen LogP contribution < -0.4 is 5.56 Å². The first kappa shape index (κ1) is 10.6. The Morgan fingerprint density at radius 1 is 1.44 bits per heavy atom. The van der Waals surface area contributed by atoms with Gasteiger partial charge in [0.25, 0.3) is 5.56 Å². The Morgan fingerprint density at radius 3 is 2.88 bits per heavy atom. The normalized spacial score (nSPS) is 13.7. The molecule has 0 fully saturated rings. The van der Waals surface area contributed by atoms with Gasteiger partial charge < -0.3 is 9.72 Å². The molecule has 1 aromatic rings. The average Bonchev–Trinajstić information content (AvgIpc) is 2.59. The van der Waals surface area contributed by atoms with Crippen molar-refractivity contribution in [2.75, 3.05) is 6.61 Å². The predicted molar refractivity (Wildman–Crippen MR) is 55.7 cm³/mol. The zero-order valence-corrected chi connectivity index (χ0v) is 8.83. The molecule has 1 aromatic heterocycles. The van der Waals surface area contributed by atoms with E-state index < -0.39 is 11.5 Å². The summed E-state index contributed by atoms with van der Waals surface area (Å²) in [7, 11) is 0. The number of esters is 1. The van der Waals surface area contributed by atoms with Gasteiger partial charge in [0.1, 0.15) is 5.56 Å². The summed E-state index contributed by atoms with van der Waals surface area (Å²) in [5, 5.41) is 0. The standard InChI is InChI=1S/C11H11NO4/c1-2-16-11(15)7-5-6-8(12-10(7)14)3-4-9(6)13/h5H,2-4H2,1H3,(H,12,14). The number of carbonyl (C=O) groups is 2. The number of nitrogens with one attached hydrogen (secondary N) is 1. The number of hydrogen-bond acceptors (Lipinski definition) is 4. The minimum atomic E-state index is -0.689. The number of rotatable bonds is 2. The molecule has 1 aliphatic rings. The summed E-state index contributed by atoms with van der Waals surface area (Å²) in [6.45, 7) is 1.86. The molecule has 5 heteroatoms. The highest BCUT2D eigenvalue weighted by Gasteiger charge is 2.24. The Balaban J connectivity index is 2.48. The number of Topliss-reactive ketones (excluding diaryl/α,β-unsaturated/α-hetero) is 1. The van der Waals surface area contributed by atoms with Crippen LogP contribution in [0.25, 0.3) is 0 Å². The fourth-order valence-corrected chi connectivity index (χ4v) is 1.75. The molecule has 1 N–H and O–H groups in total. The molecule has 0 radical (unpaired) electrons. The molecule has 16 heavy (non-hydrogen) atoms. The SMILES string of the molecule is CCOC(=O)c1cc2c([nH]c1=O)CCC2=O. The molecule has 2 rings (SSSR count). The highest BCUT2D eigenvalue weighted by atomic mass is 16.5. The van der Waals surface area contributed by atoms with Crippen LogP contribution in [-0.4, -0.2) is 23.3 Å². The van der Waals surface area contributed by atoms with Crippen LogP contribution in [-0.2, 0) is 11.2 Å². The van der Waals surface area contributed by atoms with Crippen LogP contribution in [0.15, 0.2) is 10.9 Å². The second kappa shape index (κ2) is 3.92. The van der Waals surface area contributed by atoms with Crippen molar-refractivity contribution in [1.29, 1.82) is 0 Å². The molecule has 1 aliphatic carbocycles. The lowest BCUT2D eigenvalue weighted by molar-refractivity contribution is 0.0524. The molecule has 0 saturated carbocycles. The van der Waals surface area contributed by atoms with Crippen LogP contribution in [0.2, 0.25) is 0 Å². The fraction of sp³-hybridized carbons (Fsp3) is 0.364. The Labute approximate surface area is 91.4 Å². The van der Waals surface area contributed by atoms with E-state index in [1.165, 1.54) is 6.07 Å². The number of aryl methyl sites for hydroxylation is 1.